The van der Waals surface area contributed by atoms with Gasteiger partial charge >= 0.3 is 5.69 Å². The lowest BCUT2D eigenvalue weighted by atomic mass is 10.1. The molecule has 1 atom stereocenters. The number of carbonyl (C=O) groups is 1. The van der Waals surface area contributed by atoms with Crippen molar-refractivity contribution in [3.05, 3.63) is 62.3 Å². The summed E-state index contributed by atoms with van der Waals surface area (Å²) in [6.45, 7) is 4.99. The Kier molecular flexibility index (Phi) is 7.72. The van der Waals surface area contributed by atoms with Gasteiger partial charge in [0.25, 0.3) is 5.56 Å². The molecule has 1 fully saturated rings. The van der Waals surface area contributed by atoms with Gasteiger partial charge in [-0.2, -0.15) is 4.98 Å². The number of imidazole rings is 1. The first-order chi connectivity index (χ1) is 17.9. The molecule has 2 aromatic heterocycles. The molecule has 0 aliphatic carbocycles. The van der Waals surface area contributed by atoms with E-state index in [0.29, 0.717) is 19.0 Å². The number of sulfonamides is 1. The Balaban J connectivity index is 1.84. The molecule has 1 unspecified atom stereocenters. The Labute approximate surface area is 220 Å². The largest absolute Gasteiger partial charge is 0.341 e. The van der Waals surface area contributed by atoms with Crippen LogP contribution in [0, 0.1) is 0 Å². The lowest BCUT2D eigenvalue weighted by molar-refractivity contribution is 0.0968. The maximum absolute atomic E-state index is 13.7. The first-order valence-corrected chi connectivity index (χ1v) is 13.8. The van der Waals surface area contributed by atoms with Crippen molar-refractivity contribution in [2.24, 2.45) is 12.8 Å². The van der Waals surface area contributed by atoms with Crippen molar-refractivity contribution in [3.63, 3.8) is 0 Å². The van der Waals surface area contributed by atoms with Crippen LogP contribution in [0.2, 0.25) is 0 Å². The molecule has 3 aromatic rings. The number of Topliss-reactive ketones (excluding diaryl/α,β-unsaturated/α-hetero) is 1. The van der Waals surface area contributed by atoms with Gasteiger partial charge < -0.3 is 15.2 Å². The number of hydrogen-bond donors (Lipinski definition) is 2. The molecule has 0 spiro atoms. The average Bonchev–Trinajstić information content (AvgIpc) is 3.28. The maximum atomic E-state index is 13.7. The standard InChI is InChI=1S/C25H33N7O5S/c1-16(2)10-12-31-21-22(28-24(31)30-11-6-8-18(26)14-30)29(4)25(35)32(23(21)34)15-20(33)17-7-5-9-19(13-17)38(36,37)27-3/h5,7,9-10,13,18,27H,6,8,11-12,14-15,26H2,1-4H3. The number of rotatable bonds is 8. The quantitative estimate of drug-likeness (QED) is 0.309. The third kappa shape index (κ3) is 5.22. The molecule has 12 nitrogen and oxygen atoms in total. The van der Waals surface area contributed by atoms with E-state index in [2.05, 4.69) is 4.72 Å². The number of piperidine rings is 1. The summed E-state index contributed by atoms with van der Waals surface area (Å²) in [4.78, 5) is 46.7. The molecule has 0 amide bonds. The van der Waals surface area contributed by atoms with Crippen LogP contribution < -0.4 is 26.6 Å². The van der Waals surface area contributed by atoms with Crippen molar-refractivity contribution in [3.8, 4) is 0 Å². The van der Waals surface area contributed by atoms with Crippen molar-refractivity contribution in [1.82, 2.24) is 23.4 Å². The topological polar surface area (TPSA) is 154 Å². The van der Waals surface area contributed by atoms with Gasteiger partial charge in [0.05, 0.1) is 11.4 Å². The molecule has 1 aromatic carbocycles. The fourth-order valence-electron chi connectivity index (χ4n) is 4.57. The van der Waals surface area contributed by atoms with Crippen molar-refractivity contribution >= 4 is 32.9 Å². The first kappa shape index (κ1) is 27.5. The predicted octanol–water partition coefficient (Wildman–Crippen LogP) is 0.581. The zero-order valence-corrected chi connectivity index (χ0v) is 22.8. The predicted molar refractivity (Wildman–Crippen MR) is 145 cm³/mol. The van der Waals surface area contributed by atoms with E-state index in [1.54, 1.807) is 4.57 Å². The lowest BCUT2D eigenvalue weighted by Gasteiger charge is -2.31. The number of ketones is 1. The number of nitrogens with two attached hydrogens (primary N) is 1. The van der Waals surface area contributed by atoms with Gasteiger partial charge in [0.2, 0.25) is 16.0 Å². The molecular weight excluding hydrogens is 510 g/mol. The minimum atomic E-state index is -3.78. The summed E-state index contributed by atoms with van der Waals surface area (Å²) in [5.74, 6) is -0.0249. The van der Waals surface area contributed by atoms with Crippen LogP contribution in [-0.4, -0.2) is 59.1 Å². The van der Waals surface area contributed by atoms with Crippen LogP contribution in [0.1, 0.15) is 37.0 Å². The molecule has 0 saturated carbocycles. The summed E-state index contributed by atoms with van der Waals surface area (Å²) in [7, 11) is -0.998. The molecule has 1 aliphatic heterocycles. The van der Waals surface area contributed by atoms with Crippen LogP contribution in [0.15, 0.2) is 50.4 Å². The highest BCUT2D eigenvalue weighted by atomic mass is 32.2. The van der Waals surface area contributed by atoms with E-state index in [1.807, 2.05) is 24.8 Å². The normalized spacial score (nSPS) is 16.1. The van der Waals surface area contributed by atoms with E-state index in [0.717, 1.165) is 29.5 Å². The van der Waals surface area contributed by atoms with E-state index >= 15 is 0 Å². The number of hydrogen-bond acceptors (Lipinski definition) is 8. The number of allylic oxidation sites excluding steroid dienone is 2. The average molecular weight is 544 g/mol. The minimum absolute atomic E-state index is 0.0268. The van der Waals surface area contributed by atoms with E-state index in [9.17, 15) is 22.8 Å². The summed E-state index contributed by atoms with van der Waals surface area (Å²) < 4.78 is 30.5. The number of aromatic nitrogens is 4. The van der Waals surface area contributed by atoms with Gasteiger partial charge in [-0.05, 0) is 45.9 Å². The summed E-state index contributed by atoms with van der Waals surface area (Å²) >= 11 is 0. The number of carbonyl (C=O) groups excluding carboxylic acids is 1. The highest BCUT2D eigenvalue weighted by molar-refractivity contribution is 7.89. The van der Waals surface area contributed by atoms with Crippen molar-refractivity contribution in [2.75, 3.05) is 25.0 Å². The Morgan fingerprint density at radius 1 is 1.24 bits per heavy atom. The molecule has 3 N–H and O–H groups in total. The van der Waals surface area contributed by atoms with Gasteiger partial charge in [-0.15, -0.1) is 0 Å². The lowest BCUT2D eigenvalue weighted by Crippen LogP contribution is -2.44. The van der Waals surface area contributed by atoms with Crippen molar-refractivity contribution < 1.29 is 13.2 Å². The third-order valence-electron chi connectivity index (χ3n) is 6.67. The Hall–Kier alpha value is -3.55. The van der Waals surface area contributed by atoms with Gasteiger partial charge in [0.15, 0.2) is 16.9 Å². The summed E-state index contributed by atoms with van der Waals surface area (Å²) in [5.41, 5.74) is 6.41. The Bertz CT molecular complexity index is 1640. The van der Waals surface area contributed by atoms with Crippen LogP contribution in [-0.2, 0) is 30.2 Å². The third-order valence-corrected chi connectivity index (χ3v) is 8.08. The van der Waals surface area contributed by atoms with Gasteiger partial charge in [0, 0.05) is 38.3 Å². The highest BCUT2D eigenvalue weighted by Crippen LogP contribution is 2.23. The molecule has 1 aliphatic rings. The molecular formula is C25H33N7O5S. The summed E-state index contributed by atoms with van der Waals surface area (Å²) in [5, 5.41) is 0. The van der Waals surface area contributed by atoms with Crippen LogP contribution in [0.4, 0.5) is 5.95 Å². The SMILES string of the molecule is CNS(=O)(=O)c1cccc(C(=O)Cn2c(=O)c3c(nc(N4CCCC(N)C4)n3CC=C(C)C)n(C)c2=O)c1. The molecule has 0 radical (unpaired) electrons. The maximum Gasteiger partial charge on any atom is 0.332 e. The van der Waals surface area contributed by atoms with E-state index in [4.69, 9.17) is 10.7 Å². The first-order valence-electron chi connectivity index (χ1n) is 12.4. The zero-order valence-electron chi connectivity index (χ0n) is 22.0. The Morgan fingerprint density at radius 3 is 2.63 bits per heavy atom. The van der Waals surface area contributed by atoms with E-state index in [-0.39, 0.29) is 27.7 Å². The van der Waals surface area contributed by atoms with Crippen LogP contribution in [0.3, 0.4) is 0 Å². The molecule has 3 heterocycles. The van der Waals surface area contributed by atoms with Crippen LogP contribution >= 0.6 is 0 Å². The molecule has 13 heteroatoms. The smallest absolute Gasteiger partial charge is 0.332 e. The van der Waals surface area contributed by atoms with Gasteiger partial charge in [-0.1, -0.05) is 23.8 Å². The number of aryl methyl sites for hydroxylation is 1. The number of benzene rings is 1. The van der Waals surface area contributed by atoms with E-state index < -0.39 is 33.6 Å². The minimum Gasteiger partial charge on any atom is -0.341 e. The van der Waals surface area contributed by atoms with Crippen molar-refractivity contribution in [1.29, 1.82) is 0 Å². The second-order valence-electron chi connectivity index (χ2n) is 9.72. The van der Waals surface area contributed by atoms with Crippen molar-refractivity contribution in [2.45, 2.75) is 50.7 Å². The number of anilines is 1. The molecule has 38 heavy (non-hydrogen) atoms. The highest BCUT2D eigenvalue weighted by Gasteiger charge is 2.26. The zero-order chi connectivity index (χ0) is 27.8. The fourth-order valence-corrected chi connectivity index (χ4v) is 5.34. The van der Waals surface area contributed by atoms with E-state index in [1.165, 1.54) is 42.9 Å². The molecule has 204 valence electrons. The molecule has 4 rings (SSSR count). The summed E-state index contributed by atoms with van der Waals surface area (Å²) in [6.07, 6.45) is 3.74. The monoisotopic (exact) mass is 543 g/mol. The molecule has 1 saturated heterocycles. The number of fused-ring (bicyclic) bond motifs is 1. The fraction of sp³-hybridized carbons (Fsp3) is 0.440. The molecule has 0 bridgehead atoms. The second-order valence-corrected chi connectivity index (χ2v) is 11.6. The number of nitrogens with one attached hydrogen (secondary N) is 1. The second kappa shape index (κ2) is 10.7. The number of nitrogens with zero attached hydrogens (tertiary/aromatic N) is 5. The van der Waals surface area contributed by atoms with Crippen LogP contribution in [0.5, 0.6) is 0 Å². The van der Waals surface area contributed by atoms with Gasteiger partial charge in [-0.25, -0.2) is 17.9 Å². The summed E-state index contributed by atoms with van der Waals surface area (Å²) in [6, 6.07) is 5.43. The van der Waals surface area contributed by atoms with Gasteiger partial charge in [0.1, 0.15) is 0 Å². The van der Waals surface area contributed by atoms with Gasteiger partial charge in [-0.3, -0.25) is 18.7 Å². The Morgan fingerprint density at radius 2 is 1.97 bits per heavy atom. The van der Waals surface area contributed by atoms with Crippen LogP contribution in [0.25, 0.3) is 11.2 Å².